The topological polar surface area (TPSA) is 64.4 Å². The monoisotopic (exact) mass is 203 g/mol. The van der Waals surface area contributed by atoms with Gasteiger partial charge in [-0.25, -0.2) is 8.78 Å². The number of hydrogen-bond acceptors (Lipinski definition) is 3. The Morgan fingerprint density at radius 1 is 1.50 bits per heavy atom. The minimum absolute atomic E-state index is 0.0856. The molecule has 0 radical (unpaired) electrons. The van der Waals surface area contributed by atoms with Gasteiger partial charge in [-0.05, 0) is 25.7 Å². The first-order valence-corrected chi connectivity index (χ1v) is 4.59. The second-order valence-corrected chi connectivity index (χ2v) is 3.52. The smallest absolute Gasteiger partial charge is 0.282 e. The molecule has 80 valence electrons. The van der Waals surface area contributed by atoms with Gasteiger partial charge in [0.05, 0.1) is 11.7 Å². The lowest BCUT2D eigenvalue weighted by atomic mass is 10.2. The predicted octanol–water partition coefficient (Wildman–Crippen LogP) is 1.25. The van der Waals surface area contributed by atoms with Crippen LogP contribution in [-0.2, 0) is 0 Å². The molecule has 1 unspecified atom stereocenters. The highest BCUT2D eigenvalue weighted by Crippen LogP contribution is 2.34. The third-order valence-corrected chi connectivity index (χ3v) is 2.33. The van der Waals surface area contributed by atoms with E-state index in [-0.39, 0.29) is 17.5 Å². The molecule has 0 aromatic rings. The molecule has 1 saturated carbocycles. The summed E-state index contributed by atoms with van der Waals surface area (Å²) in [7, 11) is 0. The number of allylic oxidation sites excluding steroid dienone is 1. The van der Waals surface area contributed by atoms with Gasteiger partial charge in [0, 0.05) is 6.20 Å². The first-order valence-electron chi connectivity index (χ1n) is 4.59. The maximum absolute atomic E-state index is 12.5. The van der Waals surface area contributed by atoms with Crippen LogP contribution in [0.4, 0.5) is 8.78 Å². The maximum Gasteiger partial charge on any atom is 0.282 e. The quantitative estimate of drug-likeness (QED) is 0.675. The highest BCUT2D eigenvalue weighted by Gasteiger charge is 2.29. The van der Waals surface area contributed by atoms with Crippen LogP contribution >= 0.6 is 0 Å². The molecule has 0 spiro atoms. The van der Waals surface area contributed by atoms with Crippen LogP contribution in [0.5, 0.6) is 0 Å². The van der Waals surface area contributed by atoms with Gasteiger partial charge in [-0.1, -0.05) is 0 Å². The van der Waals surface area contributed by atoms with E-state index >= 15 is 0 Å². The van der Waals surface area contributed by atoms with Crippen LogP contribution in [-0.4, -0.2) is 18.2 Å². The van der Waals surface area contributed by atoms with Gasteiger partial charge in [0.1, 0.15) is 5.71 Å². The van der Waals surface area contributed by atoms with Crippen LogP contribution in [0.2, 0.25) is 0 Å². The van der Waals surface area contributed by atoms with E-state index in [0.29, 0.717) is 5.92 Å². The average molecular weight is 203 g/mol. The third kappa shape index (κ3) is 2.68. The van der Waals surface area contributed by atoms with E-state index < -0.39 is 6.43 Å². The van der Waals surface area contributed by atoms with Gasteiger partial charge in [0.2, 0.25) is 0 Å². The van der Waals surface area contributed by atoms with Gasteiger partial charge in [0.15, 0.2) is 0 Å². The molecule has 14 heavy (non-hydrogen) atoms. The van der Waals surface area contributed by atoms with E-state index in [4.69, 9.17) is 11.5 Å². The lowest BCUT2D eigenvalue weighted by molar-refractivity contribution is 0.225. The fourth-order valence-electron chi connectivity index (χ4n) is 1.25. The Labute approximate surface area is 81.9 Å². The van der Waals surface area contributed by atoms with E-state index in [0.717, 1.165) is 19.0 Å². The van der Waals surface area contributed by atoms with Gasteiger partial charge >= 0.3 is 0 Å². The molecule has 0 saturated heterocycles. The lowest BCUT2D eigenvalue weighted by Gasteiger charge is -2.09. The van der Waals surface area contributed by atoms with Crippen molar-refractivity contribution in [2.45, 2.75) is 32.2 Å². The van der Waals surface area contributed by atoms with Crippen molar-refractivity contribution in [3.8, 4) is 0 Å². The van der Waals surface area contributed by atoms with Crippen molar-refractivity contribution in [3.05, 3.63) is 11.9 Å². The van der Waals surface area contributed by atoms with Crippen molar-refractivity contribution in [3.63, 3.8) is 0 Å². The van der Waals surface area contributed by atoms with E-state index in [1.807, 2.05) is 6.92 Å². The maximum atomic E-state index is 12.5. The molecule has 5 heteroatoms. The number of rotatable bonds is 4. The van der Waals surface area contributed by atoms with Crippen LogP contribution in [0.3, 0.4) is 0 Å². The van der Waals surface area contributed by atoms with Gasteiger partial charge in [-0.2, -0.15) is 0 Å². The first kappa shape index (κ1) is 10.9. The number of hydrogen-bond donors (Lipinski definition) is 2. The lowest BCUT2D eigenvalue weighted by Crippen LogP contribution is -2.23. The van der Waals surface area contributed by atoms with Crippen LogP contribution in [0.15, 0.2) is 16.9 Å². The minimum atomic E-state index is -2.66. The van der Waals surface area contributed by atoms with Crippen molar-refractivity contribution >= 4 is 5.71 Å². The molecule has 0 heterocycles. The molecule has 0 amide bonds. The van der Waals surface area contributed by atoms with Crippen molar-refractivity contribution in [2.75, 3.05) is 0 Å². The van der Waals surface area contributed by atoms with Crippen molar-refractivity contribution < 1.29 is 8.78 Å². The highest BCUT2D eigenvalue weighted by molar-refractivity contribution is 6.01. The SMILES string of the molecule is CC(N=C(/C(N)=C\N)C(F)F)C1CC1. The fourth-order valence-corrected chi connectivity index (χ4v) is 1.25. The Bertz CT molecular complexity index is 257. The average Bonchev–Trinajstić information content (AvgIpc) is 2.95. The minimum Gasteiger partial charge on any atom is -0.403 e. The normalized spacial score (nSPS) is 21.4. The molecule has 1 rings (SSSR count). The first-order chi connectivity index (χ1) is 6.56. The molecule has 1 atom stereocenters. The van der Waals surface area contributed by atoms with E-state index in [2.05, 4.69) is 4.99 Å². The molecule has 0 aromatic carbocycles. The standard InChI is InChI=1S/C9H15F2N3/c1-5(6-2-3-6)14-8(9(10)11)7(13)4-12/h4-6,9H,2-3,12-13H2,1H3/b7-4+,14-8?. The molecule has 3 nitrogen and oxygen atoms in total. The summed E-state index contributed by atoms with van der Waals surface area (Å²) in [5, 5.41) is 0. The molecule has 1 aliphatic rings. The summed E-state index contributed by atoms with van der Waals surface area (Å²) in [6, 6.07) is -0.0856. The molecule has 1 aliphatic carbocycles. The molecular formula is C9H15F2N3. The molecule has 0 aromatic heterocycles. The third-order valence-electron chi connectivity index (χ3n) is 2.33. The Hall–Kier alpha value is -1.13. The zero-order chi connectivity index (χ0) is 10.7. The van der Waals surface area contributed by atoms with Gasteiger partial charge in [-0.15, -0.1) is 0 Å². The molecular weight excluding hydrogens is 188 g/mol. The molecule has 1 fully saturated rings. The number of nitrogens with two attached hydrogens (primary N) is 2. The summed E-state index contributed by atoms with van der Waals surface area (Å²) >= 11 is 0. The number of aliphatic imine (C=N–C) groups is 1. The zero-order valence-corrected chi connectivity index (χ0v) is 8.08. The number of halogens is 2. The van der Waals surface area contributed by atoms with Crippen molar-refractivity contribution in [1.82, 2.24) is 0 Å². The van der Waals surface area contributed by atoms with Crippen molar-refractivity contribution in [1.29, 1.82) is 0 Å². The Morgan fingerprint density at radius 2 is 2.07 bits per heavy atom. The molecule has 4 N–H and O–H groups in total. The van der Waals surface area contributed by atoms with E-state index in [1.54, 1.807) is 0 Å². The van der Waals surface area contributed by atoms with Gasteiger partial charge in [0.25, 0.3) is 6.43 Å². The second-order valence-electron chi connectivity index (χ2n) is 3.52. The summed E-state index contributed by atoms with van der Waals surface area (Å²) in [6.07, 6.45) is 0.432. The largest absolute Gasteiger partial charge is 0.403 e. The van der Waals surface area contributed by atoms with Crippen LogP contribution in [0.1, 0.15) is 19.8 Å². The van der Waals surface area contributed by atoms with Crippen LogP contribution < -0.4 is 11.5 Å². The van der Waals surface area contributed by atoms with Crippen LogP contribution in [0.25, 0.3) is 0 Å². The van der Waals surface area contributed by atoms with Crippen LogP contribution in [0, 0.1) is 5.92 Å². The highest BCUT2D eigenvalue weighted by atomic mass is 19.3. The summed E-state index contributed by atoms with van der Waals surface area (Å²) in [6.45, 7) is 1.82. The second kappa shape index (κ2) is 4.39. The fraction of sp³-hybridized carbons (Fsp3) is 0.667. The summed E-state index contributed by atoms with van der Waals surface area (Å²) in [4.78, 5) is 3.90. The number of nitrogens with zero attached hydrogens (tertiary/aromatic N) is 1. The predicted molar refractivity (Wildman–Crippen MR) is 52.1 cm³/mol. The Balaban J connectivity index is 2.74. The zero-order valence-electron chi connectivity index (χ0n) is 8.08. The Morgan fingerprint density at radius 3 is 2.43 bits per heavy atom. The van der Waals surface area contributed by atoms with Crippen molar-refractivity contribution in [2.24, 2.45) is 22.4 Å². The summed E-state index contributed by atoms with van der Waals surface area (Å²) < 4.78 is 24.9. The molecule has 0 bridgehead atoms. The summed E-state index contributed by atoms with van der Waals surface area (Å²) in [5.74, 6) is 0.439. The molecule has 0 aliphatic heterocycles. The van der Waals surface area contributed by atoms with Gasteiger partial charge < -0.3 is 11.5 Å². The summed E-state index contributed by atoms with van der Waals surface area (Å²) in [5.41, 5.74) is 9.87. The number of alkyl halides is 2. The van der Waals surface area contributed by atoms with E-state index in [9.17, 15) is 8.78 Å². The Kier molecular flexibility index (Phi) is 3.43. The van der Waals surface area contributed by atoms with Gasteiger partial charge in [-0.3, -0.25) is 4.99 Å². The van der Waals surface area contributed by atoms with E-state index in [1.165, 1.54) is 0 Å².